The molecule has 1 atom stereocenters. The monoisotopic (exact) mass is 463 g/mol. The van der Waals surface area contributed by atoms with E-state index < -0.39 is 24.5 Å². The average Bonchev–Trinajstić information content (AvgIpc) is 3.10. The van der Waals surface area contributed by atoms with E-state index in [1.54, 1.807) is 23.1 Å². The fraction of sp³-hybridized carbons (Fsp3) is 0.286. The molecule has 0 aromatic heterocycles. The van der Waals surface area contributed by atoms with Gasteiger partial charge in [-0.05, 0) is 71.2 Å². The van der Waals surface area contributed by atoms with Gasteiger partial charge < -0.3 is 14.4 Å². The highest BCUT2D eigenvalue weighted by Gasteiger charge is 2.25. The molecule has 0 aliphatic carbocycles. The van der Waals surface area contributed by atoms with Gasteiger partial charge in [0.1, 0.15) is 11.6 Å². The number of esters is 1. The number of rotatable bonds is 6. The molecule has 1 aliphatic heterocycles. The first kappa shape index (κ1) is 21.0. The summed E-state index contributed by atoms with van der Waals surface area (Å²) in [6.45, 7) is 3.16. The number of amides is 1. The first-order chi connectivity index (χ1) is 13.8. The molecule has 0 spiro atoms. The number of halogens is 2. The Morgan fingerprint density at radius 1 is 1.21 bits per heavy atom. The van der Waals surface area contributed by atoms with E-state index in [9.17, 15) is 18.8 Å². The number of ether oxygens (including phenoxy) is 2. The van der Waals surface area contributed by atoms with Crippen molar-refractivity contribution >= 4 is 39.3 Å². The maximum Gasteiger partial charge on any atom is 0.344 e. The van der Waals surface area contributed by atoms with E-state index >= 15 is 0 Å². The number of ketones is 1. The van der Waals surface area contributed by atoms with Gasteiger partial charge in [0.05, 0.1) is 4.47 Å². The van der Waals surface area contributed by atoms with Crippen LogP contribution in [0.4, 0.5) is 10.1 Å². The predicted octanol–water partition coefficient (Wildman–Crippen LogP) is 3.69. The minimum Gasteiger partial charge on any atom is -0.481 e. The highest BCUT2D eigenvalue weighted by molar-refractivity contribution is 9.10. The lowest BCUT2D eigenvalue weighted by Gasteiger charge is -2.16. The van der Waals surface area contributed by atoms with Crippen molar-refractivity contribution in [2.45, 2.75) is 26.4 Å². The Kier molecular flexibility index (Phi) is 6.32. The number of benzene rings is 2. The summed E-state index contributed by atoms with van der Waals surface area (Å²) in [5, 5.41) is 0. The van der Waals surface area contributed by atoms with Crippen molar-refractivity contribution < 1.29 is 28.2 Å². The van der Waals surface area contributed by atoms with Crippen molar-refractivity contribution in [3.63, 3.8) is 0 Å². The number of nitrogens with zero attached hydrogens (tertiary/aromatic N) is 1. The quantitative estimate of drug-likeness (QED) is 0.482. The summed E-state index contributed by atoms with van der Waals surface area (Å²) >= 11 is 3.14. The Balaban J connectivity index is 1.59. The third kappa shape index (κ3) is 4.82. The minimum atomic E-state index is -0.994. The Morgan fingerprint density at radius 2 is 1.97 bits per heavy atom. The van der Waals surface area contributed by atoms with Gasteiger partial charge in [-0.2, -0.15) is 0 Å². The molecule has 0 N–H and O–H groups in total. The molecule has 0 radical (unpaired) electrons. The van der Waals surface area contributed by atoms with Crippen LogP contribution in [0.1, 0.15) is 29.8 Å². The zero-order valence-electron chi connectivity index (χ0n) is 15.9. The second-order valence-corrected chi connectivity index (χ2v) is 7.48. The summed E-state index contributed by atoms with van der Waals surface area (Å²) in [6.07, 6.45) is -0.323. The zero-order valence-corrected chi connectivity index (χ0v) is 17.5. The molecule has 0 bridgehead atoms. The Bertz CT molecular complexity index is 978. The number of Topliss-reactive ketones (excluding diaryl/α,β-unsaturated/α-hetero) is 1. The van der Waals surface area contributed by atoms with Crippen molar-refractivity contribution in [1.82, 2.24) is 0 Å². The molecule has 2 aromatic carbocycles. The summed E-state index contributed by atoms with van der Waals surface area (Å²) in [5.74, 6) is -1.25. The van der Waals surface area contributed by atoms with E-state index in [1.807, 2.05) is 0 Å². The van der Waals surface area contributed by atoms with E-state index in [4.69, 9.17) is 9.47 Å². The molecule has 1 unspecified atom stereocenters. The first-order valence-electron chi connectivity index (χ1n) is 8.99. The fourth-order valence-electron chi connectivity index (χ4n) is 3.13. The molecule has 6 nitrogen and oxygen atoms in total. The van der Waals surface area contributed by atoms with Gasteiger partial charge >= 0.3 is 5.97 Å². The van der Waals surface area contributed by atoms with Gasteiger partial charge in [-0.15, -0.1) is 0 Å². The number of hydrogen-bond acceptors (Lipinski definition) is 5. The lowest BCUT2D eigenvalue weighted by molar-refractivity contribution is -0.148. The van der Waals surface area contributed by atoms with E-state index in [-0.39, 0.29) is 17.4 Å². The maximum atomic E-state index is 13.1. The summed E-state index contributed by atoms with van der Waals surface area (Å²) in [5.41, 5.74) is 2.13. The van der Waals surface area contributed by atoms with Crippen LogP contribution in [-0.4, -0.2) is 36.9 Å². The normalized spacial score (nSPS) is 13.6. The summed E-state index contributed by atoms with van der Waals surface area (Å²) in [7, 11) is 0. The van der Waals surface area contributed by atoms with Crippen LogP contribution in [0.3, 0.4) is 0 Å². The third-order valence-corrected chi connectivity index (χ3v) is 5.18. The maximum absolute atomic E-state index is 13.1. The van der Waals surface area contributed by atoms with Crippen molar-refractivity contribution in [3.05, 3.63) is 57.8 Å². The van der Waals surface area contributed by atoms with Crippen LogP contribution < -0.4 is 9.64 Å². The predicted molar refractivity (Wildman–Crippen MR) is 108 cm³/mol. The van der Waals surface area contributed by atoms with Gasteiger partial charge in [-0.25, -0.2) is 9.18 Å². The molecular formula is C21H19BrFNO5. The lowest BCUT2D eigenvalue weighted by Crippen LogP contribution is -2.27. The molecule has 0 saturated carbocycles. The summed E-state index contributed by atoms with van der Waals surface area (Å²) in [4.78, 5) is 37.9. The molecule has 8 heteroatoms. The van der Waals surface area contributed by atoms with E-state index in [2.05, 4.69) is 15.9 Å². The van der Waals surface area contributed by atoms with Crippen LogP contribution in [0.25, 0.3) is 0 Å². The van der Waals surface area contributed by atoms with Gasteiger partial charge in [-0.3, -0.25) is 9.59 Å². The molecule has 1 amide bonds. The number of carbonyl (C=O) groups excluding carboxylic acids is 3. The number of fused-ring (bicyclic) bond motifs is 1. The number of hydrogen-bond donors (Lipinski definition) is 0. The number of anilines is 1. The topological polar surface area (TPSA) is 72.9 Å². The molecule has 29 heavy (non-hydrogen) atoms. The van der Waals surface area contributed by atoms with Gasteiger partial charge in [0.25, 0.3) is 0 Å². The van der Waals surface area contributed by atoms with Gasteiger partial charge in [0.2, 0.25) is 11.7 Å². The largest absolute Gasteiger partial charge is 0.481 e. The fourth-order valence-corrected chi connectivity index (χ4v) is 3.60. The van der Waals surface area contributed by atoms with Crippen molar-refractivity contribution in [2.75, 3.05) is 18.1 Å². The number of carbonyl (C=O) groups is 3. The first-order valence-corrected chi connectivity index (χ1v) is 9.78. The van der Waals surface area contributed by atoms with E-state index in [1.165, 1.54) is 32.0 Å². The smallest absolute Gasteiger partial charge is 0.344 e. The molecule has 3 rings (SSSR count). The van der Waals surface area contributed by atoms with Crippen molar-refractivity contribution in [3.8, 4) is 5.75 Å². The Hall–Kier alpha value is -2.74. The van der Waals surface area contributed by atoms with Gasteiger partial charge in [0, 0.05) is 24.7 Å². The second kappa shape index (κ2) is 8.73. The highest BCUT2D eigenvalue weighted by Crippen LogP contribution is 2.29. The lowest BCUT2D eigenvalue weighted by atomic mass is 10.0. The van der Waals surface area contributed by atoms with Gasteiger partial charge in [0.15, 0.2) is 12.7 Å². The van der Waals surface area contributed by atoms with Crippen LogP contribution in [-0.2, 0) is 20.7 Å². The molecule has 2 aromatic rings. The molecule has 0 fully saturated rings. The molecular weight excluding hydrogens is 445 g/mol. The molecule has 0 saturated heterocycles. The molecule has 1 heterocycles. The third-order valence-electron chi connectivity index (χ3n) is 4.56. The molecule has 1 aliphatic rings. The summed E-state index contributed by atoms with van der Waals surface area (Å²) in [6, 6.07) is 8.90. The minimum absolute atomic E-state index is 0.0436. The van der Waals surface area contributed by atoms with Crippen LogP contribution in [0, 0.1) is 5.82 Å². The Labute approximate surface area is 175 Å². The van der Waals surface area contributed by atoms with Crippen LogP contribution in [0.2, 0.25) is 0 Å². The van der Waals surface area contributed by atoms with E-state index in [0.29, 0.717) is 23.0 Å². The van der Waals surface area contributed by atoms with Crippen LogP contribution >= 0.6 is 15.9 Å². The van der Waals surface area contributed by atoms with Gasteiger partial charge in [-0.1, -0.05) is 0 Å². The van der Waals surface area contributed by atoms with E-state index in [0.717, 1.165) is 11.3 Å². The highest BCUT2D eigenvalue weighted by atomic mass is 79.9. The second-order valence-electron chi connectivity index (χ2n) is 6.62. The molecule has 152 valence electrons. The summed E-state index contributed by atoms with van der Waals surface area (Å²) < 4.78 is 23.9. The Morgan fingerprint density at radius 3 is 2.66 bits per heavy atom. The standard InChI is InChI=1S/C21H19BrFNO5/c1-12(29-20(26)11-28-19-6-4-16(23)10-17(19)22)21(27)15-3-5-18-14(9-15)7-8-24(18)13(2)25/h3-6,9-10,12H,7-8,11H2,1-2H3. The zero-order chi connectivity index (χ0) is 21.1. The van der Waals surface area contributed by atoms with Crippen molar-refractivity contribution in [2.24, 2.45) is 0 Å². The van der Waals surface area contributed by atoms with Crippen molar-refractivity contribution in [1.29, 1.82) is 0 Å². The SMILES string of the molecule is CC(=O)N1CCc2cc(C(=O)C(C)OC(=O)COc3ccc(F)cc3Br)ccc21. The van der Waals surface area contributed by atoms with Crippen LogP contribution in [0.5, 0.6) is 5.75 Å². The van der Waals surface area contributed by atoms with Crippen LogP contribution in [0.15, 0.2) is 40.9 Å². The average molecular weight is 464 g/mol.